The molecule has 0 aromatic heterocycles. The van der Waals surface area contributed by atoms with Crippen molar-refractivity contribution in [1.29, 1.82) is 0 Å². The molecule has 0 heterocycles. The Hall–Kier alpha value is -1.03. The van der Waals surface area contributed by atoms with Crippen LogP contribution in [0.25, 0.3) is 0 Å². The number of likely N-dealkylation sites (N-methyl/N-ethyl adjacent to an activating group) is 1. The second-order valence-corrected chi connectivity index (χ2v) is 6.15. The molecule has 2 aromatic carbocycles. The average molecular weight is 354 g/mol. The Kier molecular flexibility index (Phi) is 5.08. The van der Waals surface area contributed by atoms with Crippen molar-refractivity contribution in [3.8, 4) is 0 Å². The summed E-state index contributed by atoms with van der Waals surface area (Å²) >= 11 is 9.58. The molecule has 0 fully saturated rings. The zero-order valence-electron chi connectivity index (χ0n) is 11.6. The van der Waals surface area contributed by atoms with Crippen LogP contribution in [0.5, 0.6) is 0 Å². The van der Waals surface area contributed by atoms with Gasteiger partial charge in [0, 0.05) is 28.8 Å². The zero-order valence-corrected chi connectivity index (χ0v) is 13.9. The lowest BCUT2D eigenvalue weighted by Crippen LogP contribution is -2.30. The van der Waals surface area contributed by atoms with Gasteiger partial charge in [-0.15, -0.1) is 0 Å². The minimum atomic E-state index is 0.101. The molecule has 4 heteroatoms. The number of nitrogens with two attached hydrogens (primary N) is 1. The molecule has 0 saturated carbocycles. The highest BCUT2D eigenvalue weighted by Crippen LogP contribution is 2.31. The SMILES string of the molecule is Cc1ccc(N(C)C(CN)c2ccc(Cl)cc2Br)cc1. The fourth-order valence-corrected chi connectivity index (χ4v) is 3.17. The summed E-state index contributed by atoms with van der Waals surface area (Å²) < 4.78 is 0.986. The molecule has 0 aliphatic rings. The van der Waals surface area contributed by atoms with Crippen molar-refractivity contribution in [3.05, 3.63) is 63.1 Å². The smallest absolute Gasteiger partial charge is 0.0672 e. The summed E-state index contributed by atoms with van der Waals surface area (Å²) in [5.41, 5.74) is 9.52. The lowest BCUT2D eigenvalue weighted by molar-refractivity contribution is 0.678. The largest absolute Gasteiger partial charge is 0.366 e. The first-order valence-electron chi connectivity index (χ1n) is 6.47. The summed E-state index contributed by atoms with van der Waals surface area (Å²) in [6.45, 7) is 2.62. The van der Waals surface area contributed by atoms with Crippen molar-refractivity contribution in [2.45, 2.75) is 13.0 Å². The lowest BCUT2D eigenvalue weighted by Gasteiger charge is -2.30. The Balaban J connectivity index is 2.33. The predicted octanol–water partition coefficient (Wildman–Crippen LogP) is 4.55. The van der Waals surface area contributed by atoms with Crippen LogP contribution in [0.15, 0.2) is 46.9 Å². The number of nitrogens with zero attached hydrogens (tertiary/aromatic N) is 1. The molecule has 0 saturated heterocycles. The van der Waals surface area contributed by atoms with Gasteiger partial charge in [0.25, 0.3) is 0 Å². The quantitative estimate of drug-likeness (QED) is 0.874. The maximum absolute atomic E-state index is 6.00. The Bertz CT molecular complexity index is 584. The third-order valence-electron chi connectivity index (χ3n) is 3.45. The van der Waals surface area contributed by atoms with Gasteiger partial charge >= 0.3 is 0 Å². The highest BCUT2D eigenvalue weighted by molar-refractivity contribution is 9.10. The molecule has 0 bridgehead atoms. The van der Waals surface area contributed by atoms with Gasteiger partial charge in [0.05, 0.1) is 6.04 Å². The Labute approximate surface area is 133 Å². The van der Waals surface area contributed by atoms with Crippen LogP contribution in [0.1, 0.15) is 17.2 Å². The number of rotatable bonds is 4. The van der Waals surface area contributed by atoms with Gasteiger partial charge in [-0.05, 0) is 36.8 Å². The molecule has 1 atom stereocenters. The van der Waals surface area contributed by atoms with Crippen molar-refractivity contribution in [3.63, 3.8) is 0 Å². The molecule has 2 nitrogen and oxygen atoms in total. The first-order valence-corrected chi connectivity index (χ1v) is 7.64. The molecule has 2 aromatic rings. The maximum Gasteiger partial charge on any atom is 0.0672 e. The summed E-state index contributed by atoms with van der Waals surface area (Å²) in [4.78, 5) is 2.19. The van der Waals surface area contributed by atoms with E-state index in [0.29, 0.717) is 6.54 Å². The zero-order chi connectivity index (χ0) is 14.7. The molecule has 2 N–H and O–H groups in total. The van der Waals surface area contributed by atoms with Crippen LogP contribution in [-0.2, 0) is 0 Å². The van der Waals surface area contributed by atoms with E-state index in [0.717, 1.165) is 20.7 Å². The number of aryl methyl sites for hydroxylation is 1. The normalized spacial score (nSPS) is 12.2. The fourth-order valence-electron chi connectivity index (χ4n) is 2.23. The van der Waals surface area contributed by atoms with E-state index in [1.807, 2.05) is 18.2 Å². The van der Waals surface area contributed by atoms with Crippen molar-refractivity contribution in [1.82, 2.24) is 0 Å². The maximum atomic E-state index is 6.00. The fraction of sp³-hybridized carbons (Fsp3) is 0.250. The molecule has 20 heavy (non-hydrogen) atoms. The van der Waals surface area contributed by atoms with Gasteiger partial charge in [-0.1, -0.05) is 51.3 Å². The minimum absolute atomic E-state index is 0.101. The van der Waals surface area contributed by atoms with Crippen LogP contribution in [0.2, 0.25) is 5.02 Å². The first-order chi connectivity index (χ1) is 9.52. The van der Waals surface area contributed by atoms with Crippen molar-refractivity contribution >= 4 is 33.2 Å². The van der Waals surface area contributed by atoms with Crippen molar-refractivity contribution in [2.24, 2.45) is 5.73 Å². The van der Waals surface area contributed by atoms with Gasteiger partial charge in [0.15, 0.2) is 0 Å². The van der Waals surface area contributed by atoms with E-state index in [2.05, 4.69) is 59.1 Å². The van der Waals surface area contributed by atoms with Crippen LogP contribution in [0, 0.1) is 6.92 Å². The van der Waals surface area contributed by atoms with E-state index in [9.17, 15) is 0 Å². The Morgan fingerprint density at radius 2 is 1.85 bits per heavy atom. The highest BCUT2D eigenvalue weighted by Gasteiger charge is 2.18. The van der Waals surface area contributed by atoms with Crippen LogP contribution < -0.4 is 10.6 Å². The molecule has 0 amide bonds. The Morgan fingerprint density at radius 3 is 2.40 bits per heavy atom. The highest BCUT2D eigenvalue weighted by atomic mass is 79.9. The van der Waals surface area contributed by atoms with Gasteiger partial charge in [0.2, 0.25) is 0 Å². The van der Waals surface area contributed by atoms with Gasteiger partial charge in [-0.25, -0.2) is 0 Å². The van der Waals surface area contributed by atoms with E-state index < -0.39 is 0 Å². The second-order valence-electron chi connectivity index (χ2n) is 4.86. The van der Waals surface area contributed by atoms with Crippen LogP contribution >= 0.6 is 27.5 Å². The predicted molar refractivity (Wildman–Crippen MR) is 90.5 cm³/mol. The summed E-state index contributed by atoms with van der Waals surface area (Å²) in [5.74, 6) is 0. The molecular weight excluding hydrogens is 336 g/mol. The molecule has 0 aliphatic carbocycles. The molecule has 106 valence electrons. The van der Waals surface area contributed by atoms with Gasteiger partial charge < -0.3 is 10.6 Å². The number of hydrogen-bond donors (Lipinski definition) is 1. The van der Waals surface area contributed by atoms with Crippen molar-refractivity contribution < 1.29 is 0 Å². The molecule has 0 spiro atoms. The van der Waals surface area contributed by atoms with Gasteiger partial charge in [-0.3, -0.25) is 0 Å². The number of benzene rings is 2. The van der Waals surface area contributed by atoms with Crippen LogP contribution in [0.4, 0.5) is 5.69 Å². The molecular formula is C16H18BrClN2. The average Bonchev–Trinajstić information content (AvgIpc) is 2.42. The van der Waals surface area contributed by atoms with Gasteiger partial charge in [0.1, 0.15) is 0 Å². The van der Waals surface area contributed by atoms with E-state index in [1.165, 1.54) is 5.56 Å². The lowest BCUT2D eigenvalue weighted by atomic mass is 10.0. The van der Waals surface area contributed by atoms with Crippen LogP contribution in [-0.4, -0.2) is 13.6 Å². The summed E-state index contributed by atoms with van der Waals surface area (Å²) in [7, 11) is 2.06. The summed E-state index contributed by atoms with van der Waals surface area (Å²) in [5, 5.41) is 0.717. The topological polar surface area (TPSA) is 29.3 Å². The third-order valence-corrected chi connectivity index (χ3v) is 4.38. The standard InChI is InChI=1S/C16H18BrClN2/c1-11-3-6-13(7-4-11)20(2)16(10-19)14-8-5-12(18)9-15(14)17/h3-9,16H,10,19H2,1-2H3. The van der Waals surface area contributed by atoms with E-state index >= 15 is 0 Å². The summed E-state index contributed by atoms with van der Waals surface area (Å²) in [6.07, 6.45) is 0. The minimum Gasteiger partial charge on any atom is -0.366 e. The molecule has 0 aliphatic heterocycles. The van der Waals surface area contributed by atoms with Gasteiger partial charge in [-0.2, -0.15) is 0 Å². The first kappa shape index (κ1) is 15.4. The Morgan fingerprint density at radius 1 is 1.20 bits per heavy atom. The van der Waals surface area contributed by atoms with Crippen LogP contribution in [0.3, 0.4) is 0 Å². The second kappa shape index (κ2) is 6.61. The monoisotopic (exact) mass is 352 g/mol. The summed E-state index contributed by atoms with van der Waals surface area (Å²) in [6, 6.07) is 14.4. The number of hydrogen-bond acceptors (Lipinski definition) is 2. The van der Waals surface area contributed by atoms with E-state index in [1.54, 1.807) is 0 Å². The number of halogens is 2. The molecule has 1 unspecified atom stereocenters. The number of anilines is 1. The third kappa shape index (κ3) is 3.35. The molecule has 2 rings (SSSR count). The van der Waals surface area contributed by atoms with E-state index in [4.69, 9.17) is 17.3 Å². The molecule has 0 radical (unpaired) electrons. The van der Waals surface area contributed by atoms with E-state index in [-0.39, 0.29) is 6.04 Å². The van der Waals surface area contributed by atoms with Crippen molar-refractivity contribution in [2.75, 3.05) is 18.5 Å².